The lowest BCUT2D eigenvalue weighted by molar-refractivity contribution is 0.195. The van der Waals surface area contributed by atoms with Crippen molar-refractivity contribution in [2.24, 2.45) is 5.73 Å². The van der Waals surface area contributed by atoms with E-state index in [1.165, 1.54) is 11.8 Å². The van der Waals surface area contributed by atoms with E-state index >= 15 is 0 Å². The zero-order chi connectivity index (χ0) is 7.28. The van der Waals surface area contributed by atoms with E-state index < -0.39 is 0 Å². The summed E-state index contributed by atoms with van der Waals surface area (Å²) in [5.41, 5.74) is 5.18. The van der Waals surface area contributed by atoms with Gasteiger partial charge in [-0.1, -0.05) is 30.9 Å². The molecule has 0 rings (SSSR count). The average molecular weight is 165 g/mol. The molecule has 2 nitrogen and oxygen atoms in total. The number of thioether (sulfide) groups is 1. The second kappa shape index (κ2) is 5.02. The Kier molecular flexibility index (Phi) is 5.13. The molecule has 0 aromatic rings. The predicted octanol–water partition coefficient (Wildman–Crippen LogP) is 0.734. The maximum atomic E-state index is 8.97. The van der Waals surface area contributed by atoms with Gasteiger partial charge in [0.25, 0.3) is 0 Å². The second-order valence-corrected chi connectivity index (χ2v) is 3.45. The first-order chi connectivity index (χ1) is 4.16. The van der Waals surface area contributed by atoms with E-state index in [0.29, 0.717) is 10.1 Å². The summed E-state index contributed by atoms with van der Waals surface area (Å²) in [5.74, 6) is 0.617. The van der Waals surface area contributed by atoms with E-state index in [1.54, 1.807) is 0 Å². The van der Waals surface area contributed by atoms with Crippen molar-refractivity contribution >= 4 is 28.3 Å². The van der Waals surface area contributed by atoms with Crippen molar-refractivity contribution in [1.82, 2.24) is 0 Å². The lowest BCUT2D eigenvalue weighted by Gasteiger charge is -2.04. The molecule has 3 N–H and O–H groups in total. The van der Waals surface area contributed by atoms with Crippen molar-refractivity contribution in [1.29, 1.82) is 0 Å². The Balaban J connectivity index is 3.16. The molecule has 0 saturated heterocycles. The van der Waals surface area contributed by atoms with Crippen LogP contribution in [0.2, 0.25) is 0 Å². The number of aliphatic hydroxyl groups is 1. The van der Waals surface area contributed by atoms with Gasteiger partial charge in [-0.2, -0.15) is 0 Å². The Morgan fingerprint density at radius 3 is 2.78 bits per heavy atom. The van der Waals surface area contributed by atoms with Gasteiger partial charge in [-0.05, 0) is 6.42 Å². The fourth-order valence-electron chi connectivity index (χ4n) is 0.296. The minimum absolute atomic E-state index is 0.267. The molecule has 9 heavy (non-hydrogen) atoms. The van der Waals surface area contributed by atoms with Crippen LogP contribution in [0.1, 0.15) is 13.3 Å². The first-order valence-electron chi connectivity index (χ1n) is 2.77. The summed E-state index contributed by atoms with van der Waals surface area (Å²) in [6.07, 6.45) is 0.492. The number of hydrogen-bond acceptors (Lipinski definition) is 3. The highest BCUT2D eigenvalue weighted by atomic mass is 32.2. The Morgan fingerprint density at radius 1 is 1.89 bits per heavy atom. The third-order valence-corrected chi connectivity index (χ3v) is 2.08. The number of nitrogens with two attached hydrogens (primary N) is 1. The molecule has 0 fully saturated rings. The average Bonchev–Trinajstić information content (AvgIpc) is 1.83. The normalized spacial score (nSPS) is 13.1. The van der Waals surface area contributed by atoms with Gasteiger partial charge in [-0.15, -0.1) is 0 Å². The van der Waals surface area contributed by atoms with Crippen molar-refractivity contribution < 1.29 is 5.11 Å². The molecule has 0 heterocycles. The highest BCUT2D eigenvalue weighted by molar-refractivity contribution is 8.22. The van der Waals surface area contributed by atoms with Crippen LogP contribution in [0.25, 0.3) is 0 Å². The molecule has 0 radical (unpaired) electrons. The fraction of sp³-hybridized carbons (Fsp3) is 0.800. The van der Waals surface area contributed by atoms with E-state index in [0.717, 1.165) is 6.42 Å². The van der Waals surface area contributed by atoms with Crippen molar-refractivity contribution in [3.05, 3.63) is 0 Å². The first-order valence-corrected chi connectivity index (χ1v) is 4.16. The molecule has 0 aromatic heterocycles. The number of rotatable bonds is 3. The van der Waals surface area contributed by atoms with Crippen LogP contribution < -0.4 is 5.73 Å². The lowest BCUT2D eigenvalue weighted by atomic mass is 10.3. The highest BCUT2D eigenvalue weighted by Gasteiger charge is 2.00. The summed E-state index contributed by atoms with van der Waals surface area (Å²) in [6, 6.07) is 0. The van der Waals surface area contributed by atoms with Crippen LogP contribution in [-0.2, 0) is 0 Å². The molecule has 0 aromatic carbocycles. The summed E-state index contributed by atoms with van der Waals surface area (Å²) < 4.78 is 0.405. The molecule has 1 unspecified atom stereocenters. The molecule has 0 aliphatic heterocycles. The van der Waals surface area contributed by atoms with E-state index in [2.05, 4.69) is 12.2 Å². The number of thiocarbonyl (C=S) groups is 1. The third-order valence-electron chi connectivity index (χ3n) is 0.889. The molecule has 0 aliphatic carbocycles. The van der Waals surface area contributed by atoms with Gasteiger partial charge in [0.15, 0.2) is 0 Å². The topological polar surface area (TPSA) is 46.2 Å². The zero-order valence-corrected chi connectivity index (χ0v) is 6.97. The summed E-state index contributed by atoms with van der Waals surface area (Å²) in [5, 5.41) is 8.97. The molecule has 1 atom stereocenters. The molecule has 0 amide bonds. The van der Waals surface area contributed by atoms with Gasteiger partial charge in [0.05, 0.1) is 6.10 Å². The van der Waals surface area contributed by atoms with Gasteiger partial charge < -0.3 is 10.8 Å². The van der Waals surface area contributed by atoms with E-state index in [1.807, 2.05) is 6.92 Å². The minimum atomic E-state index is -0.267. The first kappa shape index (κ1) is 9.20. The van der Waals surface area contributed by atoms with Crippen LogP contribution in [0, 0.1) is 0 Å². The third kappa shape index (κ3) is 6.08. The number of hydrogen-bond donors (Lipinski definition) is 2. The molecule has 0 bridgehead atoms. The van der Waals surface area contributed by atoms with Crippen LogP contribution >= 0.6 is 24.0 Å². The van der Waals surface area contributed by atoms with Crippen molar-refractivity contribution in [2.45, 2.75) is 19.4 Å². The lowest BCUT2D eigenvalue weighted by Crippen LogP contribution is -2.12. The molecule has 54 valence electrons. The molecule has 4 heteroatoms. The van der Waals surface area contributed by atoms with Gasteiger partial charge in [0, 0.05) is 5.75 Å². The van der Waals surface area contributed by atoms with Crippen LogP contribution in [0.5, 0.6) is 0 Å². The fourth-order valence-corrected chi connectivity index (χ4v) is 1.09. The van der Waals surface area contributed by atoms with E-state index in [-0.39, 0.29) is 6.10 Å². The summed E-state index contributed by atoms with van der Waals surface area (Å²) in [7, 11) is 0. The predicted molar refractivity (Wildman–Crippen MR) is 45.5 cm³/mol. The SMILES string of the molecule is CCC(O)CSC(N)=S. The van der Waals surface area contributed by atoms with Crippen molar-refractivity contribution in [3.63, 3.8) is 0 Å². The maximum absolute atomic E-state index is 8.97. The minimum Gasteiger partial charge on any atom is -0.392 e. The van der Waals surface area contributed by atoms with Crippen molar-refractivity contribution in [2.75, 3.05) is 5.75 Å². The molecule has 0 saturated carbocycles. The molecule has 0 spiro atoms. The summed E-state index contributed by atoms with van der Waals surface area (Å²) in [4.78, 5) is 0. The number of aliphatic hydroxyl groups excluding tert-OH is 1. The van der Waals surface area contributed by atoms with Crippen LogP contribution in [0.15, 0.2) is 0 Å². The quantitative estimate of drug-likeness (QED) is 0.605. The van der Waals surface area contributed by atoms with Gasteiger partial charge in [-0.25, -0.2) is 0 Å². The monoisotopic (exact) mass is 165 g/mol. The van der Waals surface area contributed by atoms with Gasteiger partial charge >= 0.3 is 0 Å². The molecular formula is C5H11NOS2. The van der Waals surface area contributed by atoms with Crippen LogP contribution in [-0.4, -0.2) is 21.3 Å². The molecular weight excluding hydrogens is 154 g/mol. The highest BCUT2D eigenvalue weighted by Crippen LogP contribution is 2.04. The van der Waals surface area contributed by atoms with Crippen LogP contribution in [0.3, 0.4) is 0 Å². The Labute approximate surface area is 64.8 Å². The Hall–Kier alpha value is 0.200. The van der Waals surface area contributed by atoms with Gasteiger partial charge in [0.1, 0.15) is 4.32 Å². The summed E-state index contributed by atoms with van der Waals surface area (Å²) >= 11 is 5.91. The maximum Gasteiger partial charge on any atom is 0.131 e. The smallest absolute Gasteiger partial charge is 0.131 e. The zero-order valence-electron chi connectivity index (χ0n) is 5.33. The molecule has 0 aliphatic rings. The Bertz CT molecular complexity index is 97.0. The van der Waals surface area contributed by atoms with Crippen LogP contribution in [0.4, 0.5) is 0 Å². The van der Waals surface area contributed by atoms with Gasteiger partial charge in [0.2, 0.25) is 0 Å². The Morgan fingerprint density at radius 2 is 2.44 bits per heavy atom. The standard InChI is InChI=1S/C5H11NOS2/c1-2-4(7)3-9-5(6)8/h4,7H,2-3H2,1H3,(H2,6,8). The largest absolute Gasteiger partial charge is 0.392 e. The van der Waals surface area contributed by atoms with Gasteiger partial charge in [-0.3, -0.25) is 0 Å². The summed E-state index contributed by atoms with van der Waals surface area (Å²) in [6.45, 7) is 1.92. The van der Waals surface area contributed by atoms with Crippen molar-refractivity contribution in [3.8, 4) is 0 Å². The van der Waals surface area contributed by atoms with E-state index in [9.17, 15) is 0 Å². The van der Waals surface area contributed by atoms with E-state index in [4.69, 9.17) is 10.8 Å². The second-order valence-electron chi connectivity index (χ2n) is 1.69.